The van der Waals surface area contributed by atoms with Gasteiger partial charge in [0.05, 0.1) is 11.6 Å². The molecule has 0 fully saturated rings. The number of carbonyl (C=O) groups excluding carboxylic acids is 1. The van der Waals surface area contributed by atoms with Crippen LogP contribution in [-0.2, 0) is 11.3 Å². The summed E-state index contributed by atoms with van der Waals surface area (Å²) >= 11 is 5.51. The molecule has 0 saturated carbocycles. The molecule has 0 heterocycles. The third kappa shape index (κ3) is 4.01. The van der Waals surface area contributed by atoms with Gasteiger partial charge in [0.25, 0.3) is 0 Å². The van der Waals surface area contributed by atoms with Crippen LogP contribution in [0.4, 0.5) is 4.39 Å². The van der Waals surface area contributed by atoms with E-state index in [2.05, 4.69) is 0 Å². The van der Waals surface area contributed by atoms with Crippen LogP contribution in [0.3, 0.4) is 0 Å². The summed E-state index contributed by atoms with van der Waals surface area (Å²) < 4.78 is 13.5. The van der Waals surface area contributed by atoms with Crippen LogP contribution in [0.15, 0.2) is 18.2 Å². The first-order valence-corrected chi connectivity index (χ1v) is 6.10. The number of nitriles is 1. The fourth-order valence-electron chi connectivity index (χ4n) is 1.52. The lowest BCUT2D eigenvalue weighted by Gasteiger charge is -2.17. The van der Waals surface area contributed by atoms with Crippen LogP contribution in [0.1, 0.15) is 24.0 Å². The van der Waals surface area contributed by atoms with Crippen LogP contribution in [0.2, 0.25) is 0 Å². The fourth-order valence-corrected chi connectivity index (χ4v) is 1.65. The van der Waals surface area contributed by atoms with Crippen molar-refractivity contribution in [2.45, 2.75) is 19.4 Å². The van der Waals surface area contributed by atoms with Crippen LogP contribution in [0.5, 0.6) is 0 Å². The topological polar surface area (TPSA) is 44.1 Å². The molecular weight excluding hydrogens is 255 g/mol. The molecule has 0 aliphatic carbocycles. The lowest BCUT2D eigenvalue weighted by molar-refractivity contribution is -0.130. The standard InChI is InChI=1S/C13H14ClFN2O/c1-17(13(18)3-2-6-14)9-11-7-10(8-16)4-5-12(11)15/h4-5,7H,2-3,6,9H2,1H3. The van der Waals surface area contributed by atoms with E-state index in [1.807, 2.05) is 6.07 Å². The van der Waals surface area contributed by atoms with Gasteiger partial charge in [-0.05, 0) is 24.6 Å². The maximum absolute atomic E-state index is 13.5. The van der Waals surface area contributed by atoms with Crippen molar-refractivity contribution in [1.29, 1.82) is 5.26 Å². The van der Waals surface area contributed by atoms with Crippen LogP contribution < -0.4 is 0 Å². The summed E-state index contributed by atoms with van der Waals surface area (Å²) in [6, 6.07) is 6.05. The number of halogens is 2. The van der Waals surface area contributed by atoms with Crippen molar-refractivity contribution in [2.75, 3.05) is 12.9 Å². The first-order chi connectivity index (χ1) is 8.58. The largest absolute Gasteiger partial charge is 0.341 e. The van der Waals surface area contributed by atoms with Crippen LogP contribution in [0, 0.1) is 17.1 Å². The van der Waals surface area contributed by atoms with E-state index in [0.29, 0.717) is 29.8 Å². The van der Waals surface area contributed by atoms with Crippen molar-refractivity contribution in [2.24, 2.45) is 0 Å². The van der Waals surface area contributed by atoms with Crippen molar-refractivity contribution in [1.82, 2.24) is 4.90 Å². The van der Waals surface area contributed by atoms with Gasteiger partial charge in [-0.1, -0.05) is 0 Å². The van der Waals surface area contributed by atoms with Crippen molar-refractivity contribution in [3.8, 4) is 6.07 Å². The highest BCUT2D eigenvalue weighted by Crippen LogP contribution is 2.13. The molecule has 0 N–H and O–H groups in total. The number of benzene rings is 1. The average Bonchev–Trinajstić information content (AvgIpc) is 2.38. The van der Waals surface area contributed by atoms with Crippen molar-refractivity contribution >= 4 is 17.5 Å². The van der Waals surface area contributed by atoms with Gasteiger partial charge >= 0.3 is 0 Å². The van der Waals surface area contributed by atoms with Gasteiger partial charge in [-0.15, -0.1) is 11.6 Å². The summed E-state index contributed by atoms with van der Waals surface area (Å²) in [4.78, 5) is 13.1. The monoisotopic (exact) mass is 268 g/mol. The third-order valence-corrected chi connectivity index (χ3v) is 2.80. The molecule has 0 radical (unpaired) electrons. The van der Waals surface area contributed by atoms with Crippen molar-refractivity contribution in [3.05, 3.63) is 35.1 Å². The Morgan fingerprint density at radius 2 is 2.28 bits per heavy atom. The van der Waals surface area contributed by atoms with Gasteiger partial charge in [0, 0.05) is 31.5 Å². The maximum atomic E-state index is 13.5. The Kier molecular flexibility index (Phi) is 5.60. The molecular formula is C13H14ClFN2O. The van der Waals surface area contributed by atoms with E-state index >= 15 is 0 Å². The SMILES string of the molecule is CN(Cc1cc(C#N)ccc1F)C(=O)CCCCl. The summed E-state index contributed by atoms with van der Waals surface area (Å²) in [7, 11) is 1.61. The third-order valence-electron chi connectivity index (χ3n) is 2.53. The van der Waals surface area contributed by atoms with E-state index in [9.17, 15) is 9.18 Å². The molecule has 0 aromatic heterocycles. The fraction of sp³-hybridized carbons (Fsp3) is 0.385. The second-order valence-electron chi connectivity index (χ2n) is 3.96. The summed E-state index contributed by atoms with van der Waals surface area (Å²) in [6.07, 6.45) is 0.949. The van der Waals surface area contributed by atoms with Gasteiger partial charge in [0.15, 0.2) is 0 Å². The minimum Gasteiger partial charge on any atom is -0.341 e. The van der Waals surface area contributed by atoms with E-state index < -0.39 is 5.82 Å². The van der Waals surface area contributed by atoms with Gasteiger partial charge in [-0.2, -0.15) is 5.26 Å². The molecule has 0 unspecified atom stereocenters. The smallest absolute Gasteiger partial charge is 0.222 e. The van der Waals surface area contributed by atoms with Gasteiger partial charge < -0.3 is 4.90 Å². The Balaban J connectivity index is 2.72. The Morgan fingerprint density at radius 3 is 2.89 bits per heavy atom. The van der Waals surface area contributed by atoms with Gasteiger partial charge in [0.2, 0.25) is 5.91 Å². The molecule has 1 aromatic rings. The maximum Gasteiger partial charge on any atom is 0.222 e. The lowest BCUT2D eigenvalue weighted by Crippen LogP contribution is -2.26. The highest BCUT2D eigenvalue weighted by atomic mass is 35.5. The molecule has 96 valence electrons. The molecule has 0 saturated heterocycles. The lowest BCUT2D eigenvalue weighted by atomic mass is 10.1. The summed E-state index contributed by atoms with van der Waals surface area (Å²) in [5.74, 6) is -0.0684. The quantitative estimate of drug-likeness (QED) is 0.771. The van der Waals surface area contributed by atoms with E-state index in [1.54, 1.807) is 7.05 Å². The Morgan fingerprint density at radius 1 is 1.56 bits per heavy atom. The van der Waals surface area contributed by atoms with E-state index in [1.165, 1.54) is 23.1 Å². The highest BCUT2D eigenvalue weighted by Gasteiger charge is 2.11. The van der Waals surface area contributed by atoms with Crippen molar-refractivity contribution < 1.29 is 9.18 Å². The molecule has 1 amide bonds. The first-order valence-electron chi connectivity index (χ1n) is 5.57. The Labute approximate surface area is 111 Å². The summed E-state index contributed by atoms with van der Waals surface area (Å²) in [5, 5.41) is 8.74. The van der Waals surface area contributed by atoms with Gasteiger partial charge in [-0.25, -0.2) is 4.39 Å². The zero-order valence-electron chi connectivity index (χ0n) is 10.1. The number of carbonyl (C=O) groups is 1. The highest BCUT2D eigenvalue weighted by molar-refractivity contribution is 6.17. The van der Waals surface area contributed by atoms with Gasteiger partial charge in [-0.3, -0.25) is 4.79 Å². The second-order valence-corrected chi connectivity index (χ2v) is 4.34. The van der Waals surface area contributed by atoms with E-state index in [4.69, 9.17) is 16.9 Å². The minimum absolute atomic E-state index is 0.0857. The molecule has 1 aromatic carbocycles. The number of hydrogen-bond donors (Lipinski definition) is 0. The number of alkyl halides is 1. The van der Waals surface area contributed by atoms with Crippen LogP contribution in [0.25, 0.3) is 0 Å². The molecule has 0 bridgehead atoms. The van der Waals surface area contributed by atoms with Crippen molar-refractivity contribution in [3.63, 3.8) is 0 Å². The molecule has 0 aliphatic heterocycles. The second kappa shape index (κ2) is 6.97. The van der Waals surface area contributed by atoms with E-state index in [-0.39, 0.29) is 12.5 Å². The molecule has 5 heteroatoms. The Bertz CT molecular complexity index is 471. The normalized spacial score (nSPS) is 9.89. The predicted molar refractivity (Wildman–Crippen MR) is 67.5 cm³/mol. The average molecular weight is 269 g/mol. The number of rotatable bonds is 5. The Hall–Kier alpha value is -1.60. The molecule has 1 rings (SSSR count). The molecule has 0 atom stereocenters. The van der Waals surface area contributed by atoms with Gasteiger partial charge in [0.1, 0.15) is 5.82 Å². The molecule has 0 spiro atoms. The zero-order valence-corrected chi connectivity index (χ0v) is 10.9. The zero-order chi connectivity index (χ0) is 13.5. The minimum atomic E-state index is -0.411. The number of nitrogens with zero attached hydrogens (tertiary/aromatic N) is 2. The molecule has 0 aliphatic rings. The molecule has 3 nitrogen and oxygen atoms in total. The summed E-state index contributed by atoms with van der Waals surface area (Å²) in [6.45, 7) is 0.155. The van der Waals surface area contributed by atoms with Crippen LogP contribution in [-0.4, -0.2) is 23.7 Å². The summed E-state index contributed by atoms with van der Waals surface area (Å²) in [5.41, 5.74) is 0.726. The number of hydrogen-bond acceptors (Lipinski definition) is 2. The van der Waals surface area contributed by atoms with E-state index in [0.717, 1.165) is 0 Å². The number of amides is 1. The predicted octanol–water partition coefficient (Wildman–Crippen LogP) is 2.67. The molecule has 18 heavy (non-hydrogen) atoms. The van der Waals surface area contributed by atoms with Crippen LogP contribution >= 0.6 is 11.6 Å². The first kappa shape index (κ1) is 14.5.